The molecule has 0 radical (unpaired) electrons. The zero-order valence-corrected chi connectivity index (χ0v) is 9.20. The summed E-state index contributed by atoms with van der Waals surface area (Å²) in [5.74, 6) is -0.841. The molecule has 0 saturated carbocycles. The van der Waals surface area contributed by atoms with Crippen LogP contribution in [0.5, 0.6) is 0 Å². The van der Waals surface area contributed by atoms with Crippen LogP contribution in [0.2, 0.25) is 0 Å². The van der Waals surface area contributed by atoms with Gasteiger partial charge in [0.25, 0.3) is 0 Å². The molecule has 2 rings (SSSR count). The number of fused-ring (bicyclic) bond motifs is 1. The number of carbonyl (C=O) groups excluding carboxylic acids is 2. The number of likely N-dealkylation sites (tertiary alicyclic amines) is 1. The first kappa shape index (κ1) is 11.2. The molecule has 0 bridgehead atoms. The van der Waals surface area contributed by atoms with Crippen LogP contribution >= 0.6 is 0 Å². The van der Waals surface area contributed by atoms with Gasteiger partial charge in [-0.2, -0.15) is 0 Å². The van der Waals surface area contributed by atoms with Gasteiger partial charge in [-0.3, -0.25) is 9.69 Å². The highest BCUT2D eigenvalue weighted by atomic mass is 16.3. The maximum atomic E-state index is 11.8. The molecule has 0 aromatic carbocycles. The number of likely N-dealkylation sites (N-methyl/N-ethyl adjacent to an activating group) is 2. The molecule has 2 aliphatic heterocycles. The minimum atomic E-state index is -0.643. The normalized spacial score (nSPS) is 34.0. The summed E-state index contributed by atoms with van der Waals surface area (Å²) in [7, 11) is 3.18. The van der Waals surface area contributed by atoms with E-state index in [0.717, 1.165) is 0 Å². The van der Waals surface area contributed by atoms with Crippen LogP contribution in [-0.2, 0) is 4.79 Å². The fraction of sp³-hybridized carbons (Fsp3) is 0.778. The lowest BCUT2D eigenvalue weighted by atomic mass is 10.0. The van der Waals surface area contributed by atoms with Gasteiger partial charge in [0.2, 0.25) is 5.91 Å². The molecule has 2 aliphatic rings. The van der Waals surface area contributed by atoms with Crippen LogP contribution < -0.4 is 0 Å². The van der Waals surface area contributed by atoms with Gasteiger partial charge in [0.15, 0.2) is 0 Å². The number of carbonyl (C=O) groups is 2. The Balaban J connectivity index is 2.38. The van der Waals surface area contributed by atoms with Crippen molar-refractivity contribution in [1.82, 2.24) is 14.7 Å². The lowest BCUT2D eigenvalue weighted by Gasteiger charge is -2.23. The third kappa shape index (κ3) is 1.15. The summed E-state index contributed by atoms with van der Waals surface area (Å²) < 4.78 is 0. The van der Waals surface area contributed by atoms with E-state index in [0.29, 0.717) is 0 Å². The molecule has 0 spiro atoms. The Labute approximate surface area is 92.8 Å². The SMILES string of the molecule is CN1C(=O)C(CO)C2C1N(C)C(=O)N2CO. The topological polar surface area (TPSA) is 84.3 Å². The molecule has 7 heteroatoms. The summed E-state index contributed by atoms with van der Waals surface area (Å²) in [6.07, 6.45) is -0.399. The largest absolute Gasteiger partial charge is 0.395 e. The molecule has 2 heterocycles. The number of urea groups is 1. The predicted molar refractivity (Wildman–Crippen MR) is 53.0 cm³/mol. The summed E-state index contributed by atoms with van der Waals surface area (Å²) in [4.78, 5) is 27.6. The van der Waals surface area contributed by atoms with E-state index in [1.54, 1.807) is 14.1 Å². The molecule has 3 unspecified atom stereocenters. The molecule has 0 aliphatic carbocycles. The predicted octanol–water partition coefficient (Wildman–Crippen LogP) is -1.92. The van der Waals surface area contributed by atoms with Crippen molar-refractivity contribution < 1.29 is 19.8 Å². The first-order valence-corrected chi connectivity index (χ1v) is 5.06. The van der Waals surface area contributed by atoms with Crippen LogP contribution in [-0.4, -0.2) is 76.5 Å². The number of nitrogens with zero attached hydrogens (tertiary/aromatic N) is 3. The molecule has 2 fully saturated rings. The fourth-order valence-electron chi connectivity index (χ4n) is 2.63. The van der Waals surface area contributed by atoms with Crippen molar-refractivity contribution in [3.63, 3.8) is 0 Å². The summed E-state index contributed by atoms with van der Waals surface area (Å²) >= 11 is 0. The molecular formula is C9H15N3O4. The van der Waals surface area contributed by atoms with Crippen LogP contribution in [0, 0.1) is 5.92 Å². The van der Waals surface area contributed by atoms with Crippen LogP contribution in [0.4, 0.5) is 4.79 Å². The number of hydrogen-bond donors (Lipinski definition) is 2. The van der Waals surface area contributed by atoms with Crippen LogP contribution in [0.15, 0.2) is 0 Å². The first-order valence-electron chi connectivity index (χ1n) is 5.06. The third-order valence-electron chi connectivity index (χ3n) is 3.43. The van der Waals surface area contributed by atoms with E-state index in [1.807, 2.05) is 0 Å². The Morgan fingerprint density at radius 3 is 2.31 bits per heavy atom. The van der Waals surface area contributed by atoms with Gasteiger partial charge in [0.05, 0.1) is 18.6 Å². The fourth-order valence-corrected chi connectivity index (χ4v) is 2.63. The molecule has 16 heavy (non-hydrogen) atoms. The first-order chi connectivity index (χ1) is 7.54. The van der Waals surface area contributed by atoms with Gasteiger partial charge < -0.3 is 20.0 Å². The van der Waals surface area contributed by atoms with Gasteiger partial charge >= 0.3 is 6.03 Å². The van der Waals surface area contributed by atoms with Crippen molar-refractivity contribution in [1.29, 1.82) is 0 Å². The second kappa shape index (κ2) is 3.60. The molecule has 0 aromatic rings. The number of rotatable bonds is 2. The second-order valence-corrected chi connectivity index (χ2v) is 4.15. The average Bonchev–Trinajstić information content (AvgIpc) is 2.65. The minimum absolute atomic E-state index is 0.199. The van der Waals surface area contributed by atoms with Gasteiger partial charge in [-0.1, -0.05) is 0 Å². The van der Waals surface area contributed by atoms with Crippen LogP contribution in [0.3, 0.4) is 0 Å². The Bertz CT molecular complexity index is 305. The number of aliphatic hydroxyl groups excluding tert-OH is 2. The monoisotopic (exact) mass is 229 g/mol. The van der Waals surface area contributed by atoms with Crippen LogP contribution in [0.1, 0.15) is 0 Å². The number of aliphatic hydroxyl groups is 2. The van der Waals surface area contributed by atoms with E-state index in [2.05, 4.69) is 0 Å². The quantitative estimate of drug-likeness (QED) is 0.578. The maximum Gasteiger partial charge on any atom is 0.323 e. The lowest BCUT2D eigenvalue weighted by molar-refractivity contribution is -0.133. The van der Waals surface area contributed by atoms with Crippen molar-refractivity contribution in [2.45, 2.75) is 12.2 Å². The van der Waals surface area contributed by atoms with Crippen molar-refractivity contribution in [3.8, 4) is 0 Å². The van der Waals surface area contributed by atoms with E-state index < -0.39 is 24.9 Å². The highest BCUT2D eigenvalue weighted by molar-refractivity contribution is 5.88. The van der Waals surface area contributed by atoms with E-state index in [4.69, 9.17) is 5.11 Å². The highest BCUT2D eigenvalue weighted by Crippen LogP contribution is 2.35. The highest BCUT2D eigenvalue weighted by Gasteiger charge is 2.57. The number of hydrogen-bond acceptors (Lipinski definition) is 4. The Morgan fingerprint density at radius 2 is 1.81 bits per heavy atom. The summed E-state index contributed by atoms with van der Waals surface area (Å²) in [5.41, 5.74) is 0. The third-order valence-corrected chi connectivity index (χ3v) is 3.43. The second-order valence-electron chi connectivity index (χ2n) is 4.15. The molecule has 2 saturated heterocycles. The van der Waals surface area contributed by atoms with E-state index in [1.165, 1.54) is 14.7 Å². The van der Waals surface area contributed by atoms with Crippen molar-refractivity contribution in [2.24, 2.45) is 5.92 Å². The molecular weight excluding hydrogens is 214 g/mol. The summed E-state index contributed by atoms with van der Waals surface area (Å²) in [5, 5.41) is 18.4. The zero-order chi connectivity index (χ0) is 12.0. The number of amides is 3. The zero-order valence-electron chi connectivity index (χ0n) is 9.20. The van der Waals surface area contributed by atoms with Crippen molar-refractivity contribution >= 4 is 11.9 Å². The minimum Gasteiger partial charge on any atom is -0.395 e. The van der Waals surface area contributed by atoms with Crippen molar-refractivity contribution in [2.75, 3.05) is 27.4 Å². The van der Waals surface area contributed by atoms with E-state index in [-0.39, 0.29) is 18.5 Å². The molecule has 3 atom stereocenters. The molecule has 3 amide bonds. The van der Waals surface area contributed by atoms with E-state index in [9.17, 15) is 14.7 Å². The molecule has 2 N–H and O–H groups in total. The van der Waals surface area contributed by atoms with Gasteiger partial charge in [-0.15, -0.1) is 0 Å². The summed E-state index contributed by atoms with van der Waals surface area (Å²) in [6, 6.07) is -0.791. The average molecular weight is 229 g/mol. The maximum absolute atomic E-state index is 11.8. The Morgan fingerprint density at radius 1 is 1.19 bits per heavy atom. The van der Waals surface area contributed by atoms with Gasteiger partial charge in [-0.05, 0) is 0 Å². The Kier molecular flexibility index (Phi) is 2.51. The standard InChI is InChI=1S/C9H15N3O4/c1-10-7-6(5(3-13)8(10)15)12(4-14)9(16)11(7)2/h5-7,13-14H,3-4H2,1-2H3. The van der Waals surface area contributed by atoms with E-state index >= 15 is 0 Å². The van der Waals surface area contributed by atoms with Gasteiger partial charge in [0, 0.05) is 14.1 Å². The van der Waals surface area contributed by atoms with Crippen molar-refractivity contribution in [3.05, 3.63) is 0 Å². The van der Waals surface area contributed by atoms with Gasteiger partial charge in [0.1, 0.15) is 12.9 Å². The summed E-state index contributed by atoms with van der Waals surface area (Å²) in [6.45, 7) is -0.760. The van der Waals surface area contributed by atoms with Crippen LogP contribution in [0.25, 0.3) is 0 Å². The Hall–Kier alpha value is -1.34. The molecule has 7 nitrogen and oxygen atoms in total. The lowest BCUT2D eigenvalue weighted by Crippen LogP contribution is -2.42. The van der Waals surface area contributed by atoms with Gasteiger partial charge in [-0.25, -0.2) is 4.79 Å². The smallest absolute Gasteiger partial charge is 0.323 e. The molecule has 90 valence electrons. The molecule has 0 aromatic heterocycles.